The number of Topliss-reactive ketones (excluding diaryl/α,β-unsaturated/α-hetero) is 1. The Labute approximate surface area is 146 Å². The number of carbonyl (C=O) groups excluding carboxylic acids is 4. The summed E-state index contributed by atoms with van der Waals surface area (Å²) in [6.07, 6.45) is 3.57. The molecule has 1 aliphatic carbocycles. The maximum absolute atomic E-state index is 12.4. The van der Waals surface area contributed by atoms with Gasteiger partial charge in [0.25, 0.3) is 11.8 Å². The Hall–Kier alpha value is -2.50. The molecule has 0 N–H and O–H groups in total. The van der Waals surface area contributed by atoms with E-state index in [4.69, 9.17) is 4.74 Å². The molecule has 0 radical (unpaired) electrons. The van der Waals surface area contributed by atoms with Gasteiger partial charge in [0, 0.05) is 13.0 Å². The first kappa shape index (κ1) is 17.3. The Bertz CT molecular complexity index is 739. The number of fused-ring (bicyclic) bond motifs is 1. The Morgan fingerprint density at radius 3 is 2.64 bits per heavy atom. The fourth-order valence-electron chi connectivity index (χ4n) is 3.21. The van der Waals surface area contributed by atoms with Gasteiger partial charge in [0.15, 0.2) is 11.9 Å². The molecule has 6 heteroatoms. The van der Waals surface area contributed by atoms with Crippen molar-refractivity contribution in [3.63, 3.8) is 0 Å². The molecule has 0 saturated heterocycles. The molecule has 6 nitrogen and oxygen atoms in total. The molecular weight excluding hydrogens is 322 g/mol. The van der Waals surface area contributed by atoms with E-state index in [-0.39, 0.29) is 28.7 Å². The monoisotopic (exact) mass is 343 g/mol. The van der Waals surface area contributed by atoms with Crippen LogP contribution in [-0.4, -0.2) is 41.1 Å². The zero-order valence-corrected chi connectivity index (χ0v) is 14.2. The molecule has 1 atom stereocenters. The van der Waals surface area contributed by atoms with Crippen molar-refractivity contribution in [3.8, 4) is 0 Å². The average Bonchev–Trinajstić information content (AvgIpc) is 2.85. The average molecular weight is 343 g/mol. The Kier molecular flexibility index (Phi) is 4.97. The lowest BCUT2D eigenvalue weighted by molar-refractivity contribution is -0.129. The number of nitrogens with zero attached hydrogens (tertiary/aromatic N) is 1. The number of hydrogen-bond acceptors (Lipinski definition) is 5. The number of imide groups is 1. The molecule has 132 valence electrons. The van der Waals surface area contributed by atoms with Gasteiger partial charge in [0.2, 0.25) is 0 Å². The van der Waals surface area contributed by atoms with Crippen molar-refractivity contribution in [1.82, 2.24) is 4.90 Å². The number of ether oxygens (including phenoxy) is 1. The number of carbonyl (C=O) groups is 4. The van der Waals surface area contributed by atoms with E-state index in [0.29, 0.717) is 24.9 Å². The predicted molar refractivity (Wildman–Crippen MR) is 89.4 cm³/mol. The molecule has 0 spiro atoms. The number of unbranched alkanes of at least 4 members (excludes halogenated alkanes) is 1. The van der Waals surface area contributed by atoms with Gasteiger partial charge in [-0.1, -0.05) is 13.3 Å². The maximum Gasteiger partial charge on any atom is 0.338 e. The molecule has 2 aliphatic rings. The smallest absolute Gasteiger partial charge is 0.338 e. The molecule has 0 aromatic heterocycles. The first-order chi connectivity index (χ1) is 12.0. The summed E-state index contributed by atoms with van der Waals surface area (Å²) in [6.45, 7) is 2.36. The standard InChI is InChI=1S/C19H21NO5/c1-2-3-10-20-17(22)13-9-8-12(11-14(13)18(20)23)19(24)25-16-7-5-4-6-15(16)21/h8-9,11,16H,2-7,10H2,1H3. The van der Waals surface area contributed by atoms with Gasteiger partial charge in [0.1, 0.15) is 0 Å². The first-order valence-corrected chi connectivity index (χ1v) is 8.77. The minimum atomic E-state index is -0.701. The fourth-order valence-corrected chi connectivity index (χ4v) is 3.21. The van der Waals surface area contributed by atoms with Crippen LogP contribution < -0.4 is 0 Å². The van der Waals surface area contributed by atoms with Gasteiger partial charge >= 0.3 is 5.97 Å². The van der Waals surface area contributed by atoms with Crippen LogP contribution in [-0.2, 0) is 9.53 Å². The number of amides is 2. The lowest BCUT2D eigenvalue weighted by Gasteiger charge is -2.20. The summed E-state index contributed by atoms with van der Waals surface area (Å²) in [5.74, 6) is -1.39. The largest absolute Gasteiger partial charge is 0.451 e. The van der Waals surface area contributed by atoms with Crippen LogP contribution in [0.2, 0.25) is 0 Å². The van der Waals surface area contributed by atoms with Crippen LogP contribution in [0, 0.1) is 0 Å². The number of esters is 1. The fraction of sp³-hybridized carbons (Fsp3) is 0.474. The quantitative estimate of drug-likeness (QED) is 0.606. The Morgan fingerprint density at radius 1 is 1.16 bits per heavy atom. The van der Waals surface area contributed by atoms with Gasteiger partial charge < -0.3 is 4.74 Å². The highest BCUT2D eigenvalue weighted by Crippen LogP contribution is 2.25. The zero-order chi connectivity index (χ0) is 18.0. The molecule has 0 bridgehead atoms. The molecule has 1 aromatic carbocycles. The van der Waals surface area contributed by atoms with Gasteiger partial charge in [-0.05, 0) is 43.9 Å². The summed E-state index contributed by atoms with van der Waals surface area (Å²) in [5, 5.41) is 0. The maximum atomic E-state index is 12.4. The number of rotatable bonds is 5. The lowest BCUT2D eigenvalue weighted by atomic mass is 9.96. The molecule has 1 fully saturated rings. The molecule has 1 heterocycles. The minimum Gasteiger partial charge on any atom is -0.451 e. The second-order valence-corrected chi connectivity index (χ2v) is 6.48. The van der Waals surface area contributed by atoms with Gasteiger partial charge in [-0.15, -0.1) is 0 Å². The summed E-state index contributed by atoms with van der Waals surface area (Å²) < 4.78 is 5.30. The van der Waals surface area contributed by atoms with Crippen molar-refractivity contribution in [1.29, 1.82) is 0 Å². The van der Waals surface area contributed by atoms with Crippen LogP contribution >= 0.6 is 0 Å². The minimum absolute atomic E-state index is 0.0576. The van der Waals surface area contributed by atoms with E-state index in [2.05, 4.69) is 0 Å². The van der Waals surface area contributed by atoms with E-state index >= 15 is 0 Å². The van der Waals surface area contributed by atoms with Crippen LogP contribution in [0.3, 0.4) is 0 Å². The van der Waals surface area contributed by atoms with Crippen molar-refractivity contribution in [2.24, 2.45) is 0 Å². The molecule has 1 unspecified atom stereocenters. The van der Waals surface area contributed by atoms with Crippen LogP contribution in [0.1, 0.15) is 76.5 Å². The Morgan fingerprint density at radius 2 is 1.92 bits per heavy atom. The third-order valence-corrected chi connectivity index (χ3v) is 4.69. The summed E-state index contributed by atoms with van der Waals surface area (Å²) in [4.78, 5) is 50.1. The Balaban J connectivity index is 1.77. The van der Waals surface area contributed by atoms with Crippen molar-refractivity contribution in [2.45, 2.75) is 51.6 Å². The summed E-state index contributed by atoms with van der Waals surface area (Å²) in [6, 6.07) is 4.36. The normalized spacial score (nSPS) is 20.0. The lowest BCUT2D eigenvalue weighted by Crippen LogP contribution is -2.30. The molecular formula is C19H21NO5. The van der Waals surface area contributed by atoms with Crippen LogP contribution in [0.4, 0.5) is 0 Å². The summed E-state index contributed by atoms with van der Waals surface area (Å²) >= 11 is 0. The topological polar surface area (TPSA) is 80.8 Å². The van der Waals surface area contributed by atoms with Crippen molar-refractivity contribution in [2.75, 3.05) is 6.54 Å². The third-order valence-electron chi connectivity index (χ3n) is 4.69. The second-order valence-electron chi connectivity index (χ2n) is 6.48. The first-order valence-electron chi connectivity index (χ1n) is 8.77. The highest BCUT2D eigenvalue weighted by Gasteiger charge is 2.36. The van der Waals surface area contributed by atoms with Crippen LogP contribution in [0.15, 0.2) is 18.2 Å². The van der Waals surface area contributed by atoms with E-state index < -0.39 is 12.1 Å². The summed E-state index contributed by atoms with van der Waals surface area (Å²) in [5.41, 5.74) is 0.729. The van der Waals surface area contributed by atoms with E-state index in [1.54, 1.807) is 0 Å². The molecule has 1 aliphatic heterocycles. The molecule has 1 saturated carbocycles. The molecule has 3 rings (SSSR count). The van der Waals surface area contributed by atoms with Gasteiger partial charge in [-0.25, -0.2) is 4.79 Å². The molecule has 1 aromatic rings. The third kappa shape index (κ3) is 3.34. The van der Waals surface area contributed by atoms with Crippen LogP contribution in [0.5, 0.6) is 0 Å². The van der Waals surface area contributed by atoms with E-state index in [1.165, 1.54) is 23.1 Å². The number of hydrogen-bond donors (Lipinski definition) is 0. The number of ketones is 1. The van der Waals surface area contributed by atoms with E-state index in [1.807, 2.05) is 6.92 Å². The highest BCUT2D eigenvalue weighted by molar-refractivity contribution is 6.22. The molecule has 2 amide bonds. The predicted octanol–water partition coefficient (Wildman–Crippen LogP) is 2.75. The van der Waals surface area contributed by atoms with Crippen LogP contribution in [0.25, 0.3) is 0 Å². The zero-order valence-electron chi connectivity index (χ0n) is 14.2. The second kappa shape index (κ2) is 7.17. The SMILES string of the molecule is CCCCN1C(=O)c2ccc(C(=O)OC3CCCCC3=O)cc2C1=O. The molecule has 25 heavy (non-hydrogen) atoms. The van der Waals surface area contributed by atoms with Crippen molar-refractivity contribution >= 4 is 23.6 Å². The van der Waals surface area contributed by atoms with E-state index in [9.17, 15) is 19.2 Å². The number of benzene rings is 1. The van der Waals surface area contributed by atoms with E-state index in [0.717, 1.165) is 25.7 Å². The van der Waals surface area contributed by atoms with Crippen molar-refractivity contribution in [3.05, 3.63) is 34.9 Å². The van der Waals surface area contributed by atoms with Gasteiger partial charge in [-0.3, -0.25) is 19.3 Å². The van der Waals surface area contributed by atoms with Gasteiger partial charge in [-0.2, -0.15) is 0 Å². The van der Waals surface area contributed by atoms with Gasteiger partial charge in [0.05, 0.1) is 16.7 Å². The highest BCUT2D eigenvalue weighted by atomic mass is 16.5. The summed E-state index contributed by atoms with van der Waals surface area (Å²) in [7, 11) is 0. The van der Waals surface area contributed by atoms with Crippen molar-refractivity contribution < 1.29 is 23.9 Å².